The van der Waals surface area contributed by atoms with Gasteiger partial charge in [-0.05, 0) is 24.3 Å². The highest BCUT2D eigenvalue weighted by Gasteiger charge is 2.12. The number of hydrogen-bond donors (Lipinski definition) is 5. The highest BCUT2D eigenvalue weighted by molar-refractivity contribution is 5.95. The summed E-state index contributed by atoms with van der Waals surface area (Å²) in [6, 6.07) is 8.06. The van der Waals surface area contributed by atoms with Gasteiger partial charge in [0.05, 0.1) is 0 Å². The van der Waals surface area contributed by atoms with Gasteiger partial charge in [-0.15, -0.1) is 0 Å². The van der Waals surface area contributed by atoms with Gasteiger partial charge in [0.15, 0.2) is 11.6 Å². The maximum absolute atomic E-state index is 12.0. The smallest absolute Gasteiger partial charge is 0.288 e. The molecule has 136 valence electrons. The molecule has 6 N–H and O–H groups in total. The summed E-state index contributed by atoms with van der Waals surface area (Å²) in [4.78, 5) is 39.7. The van der Waals surface area contributed by atoms with Crippen molar-refractivity contribution in [2.75, 3.05) is 16.6 Å². The zero-order valence-corrected chi connectivity index (χ0v) is 13.9. The molecular formula is C16H15N9O2. The number of rotatable bonds is 6. The fourth-order valence-corrected chi connectivity index (χ4v) is 1.96. The molecule has 2 amide bonds. The van der Waals surface area contributed by atoms with Crippen molar-refractivity contribution in [1.82, 2.24) is 30.8 Å². The van der Waals surface area contributed by atoms with E-state index in [4.69, 9.17) is 5.73 Å². The average Bonchev–Trinajstić information content (AvgIpc) is 2.73. The summed E-state index contributed by atoms with van der Waals surface area (Å²) in [6.45, 7) is 0. The van der Waals surface area contributed by atoms with Crippen molar-refractivity contribution >= 4 is 29.1 Å². The van der Waals surface area contributed by atoms with E-state index < -0.39 is 11.8 Å². The molecule has 3 heterocycles. The Morgan fingerprint density at radius 3 is 2.11 bits per heavy atom. The first kappa shape index (κ1) is 17.5. The van der Waals surface area contributed by atoms with Crippen molar-refractivity contribution in [3.63, 3.8) is 0 Å². The van der Waals surface area contributed by atoms with Crippen molar-refractivity contribution < 1.29 is 9.59 Å². The van der Waals surface area contributed by atoms with Crippen LogP contribution >= 0.6 is 0 Å². The summed E-state index contributed by atoms with van der Waals surface area (Å²) in [5.41, 5.74) is 16.8. The number of carbonyl (C=O) groups is 2. The molecule has 11 heteroatoms. The Bertz CT molecular complexity index is 861. The number of hydrogen-bond acceptors (Lipinski definition) is 9. The lowest BCUT2D eigenvalue weighted by molar-refractivity contribution is 0.0952. The predicted molar refractivity (Wildman–Crippen MR) is 97.1 cm³/mol. The minimum absolute atomic E-state index is 0.0915. The average molecular weight is 365 g/mol. The van der Waals surface area contributed by atoms with E-state index in [0.717, 1.165) is 0 Å². The Balaban J connectivity index is 1.62. The first-order valence-corrected chi connectivity index (χ1v) is 7.69. The van der Waals surface area contributed by atoms with Gasteiger partial charge in [0, 0.05) is 24.2 Å². The number of carbonyl (C=O) groups excluding carboxylic acids is 2. The number of nitrogens with zero attached hydrogens (tertiary/aromatic N) is 4. The van der Waals surface area contributed by atoms with Crippen LogP contribution in [0.5, 0.6) is 0 Å². The van der Waals surface area contributed by atoms with Crippen LogP contribution in [0.15, 0.2) is 55.2 Å². The number of hydrazine groups is 2. The summed E-state index contributed by atoms with van der Waals surface area (Å²) in [7, 11) is 0. The minimum atomic E-state index is -0.464. The largest absolute Gasteiger partial charge is 0.393 e. The zero-order chi connectivity index (χ0) is 19.1. The number of aromatic nitrogens is 4. The van der Waals surface area contributed by atoms with Gasteiger partial charge in [-0.3, -0.25) is 41.3 Å². The van der Waals surface area contributed by atoms with Crippen molar-refractivity contribution in [2.24, 2.45) is 0 Å². The van der Waals surface area contributed by atoms with Gasteiger partial charge in [-0.2, -0.15) is 0 Å². The molecule has 0 atom stereocenters. The van der Waals surface area contributed by atoms with Crippen LogP contribution < -0.4 is 27.4 Å². The quantitative estimate of drug-likeness (QED) is 0.389. The molecule has 27 heavy (non-hydrogen) atoms. The SMILES string of the molecule is Nc1c(NNC(=O)c2ccncc2)ncnc1NNC(=O)c1ccccn1. The first-order valence-electron chi connectivity index (χ1n) is 7.69. The van der Waals surface area contributed by atoms with Gasteiger partial charge in [-0.25, -0.2) is 9.97 Å². The molecule has 0 aliphatic heterocycles. The first-order chi connectivity index (χ1) is 13.1. The Morgan fingerprint density at radius 1 is 0.815 bits per heavy atom. The molecule has 3 rings (SSSR count). The maximum atomic E-state index is 12.0. The van der Waals surface area contributed by atoms with Crippen molar-refractivity contribution in [3.8, 4) is 0 Å². The van der Waals surface area contributed by atoms with Gasteiger partial charge in [0.25, 0.3) is 11.8 Å². The highest BCUT2D eigenvalue weighted by Crippen LogP contribution is 2.20. The van der Waals surface area contributed by atoms with Crippen LogP contribution in [0.25, 0.3) is 0 Å². The van der Waals surface area contributed by atoms with Crippen LogP contribution in [0, 0.1) is 0 Å². The third-order valence-electron chi connectivity index (χ3n) is 3.31. The molecule has 0 spiro atoms. The lowest BCUT2D eigenvalue weighted by Crippen LogP contribution is -2.32. The number of anilines is 3. The van der Waals surface area contributed by atoms with Crippen molar-refractivity contribution in [3.05, 3.63) is 66.5 Å². The number of pyridine rings is 2. The molecule has 11 nitrogen and oxygen atoms in total. The second kappa shape index (κ2) is 8.20. The Morgan fingerprint density at radius 2 is 1.48 bits per heavy atom. The van der Waals surface area contributed by atoms with E-state index in [9.17, 15) is 9.59 Å². The Hall–Kier alpha value is -4.28. The second-order valence-electron chi connectivity index (χ2n) is 5.09. The standard InChI is InChI=1S/C16H15N9O2/c17-12-13(22-24-15(26)10-4-7-18-8-5-10)20-9-21-14(12)23-25-16(27)11-3-1-2-6-19-11/h1-9H,17H2,(H,24,26)(H,25,27)(H2,20,21,22,23). The van der Waals surface area contributed by atoms with E-state index in [-0.39, 0.29) is 23.0 Å². The van der Waals surface area contributed by atoms with Gasteiger partial charge in [0.1, 0.15) is 17.7 Å². The van der Waals surface area contributed by atoms with E-state index in [1.807, 2.05) is 0 Å². The van der Waals surface area contributed by atoms with Gasteiger partial charge < -0.3 is 5.73 Å². The van der Waals surface area contributed by atoms with Crippen LogP contribution in [0.1, 0.15) is 20.8 Å². The van der Waals surface area contributed by atoms with E-state index in [0.29, 0.717) is 5.56 Å². The lowest BCUT2D eigenvalue weighted by atomic mass is 10.3. The second-order valence-corrected chi connectivity index (χ2v) is 5.09. The zero-order valence-electron chi connectivity index (χ0n) is 13.9. The normalized spacial score (nSPS) is 9.93. The molecule has 0 saturated heterocycles. The predicted octanol–water partition coefficient (Wildman–Crippen LogP) is 0.363. The Labute approximate surface area is 153 Å². The molecule has 0 unspecified atom stereocenters. The molecule has 0 aliphatic carbocycles. The van der Waals surface area contributed by atoms with E-state index >= 15 is 0 Å². The fourth-order valence-electron chi connectivity index (χ4n) is 1.96. The number of nitrogen functional groups attached to an aromatic ring is 1. The summed E-state index contributed by atoms with van der Waals surface area (Å²) in [5, 5.41) is 0. The van der Waals surface area contributed by atoms with E-state index in [1.165, 1.54) is 24.9 Å². The lowest BCUT2D eigenvalue weighted by Gasteiger charge is -2.13. The number of amides is 2. The van der Waals surface area contributed by atoms with Crippen LogP contribution in [-0.2, 0) is 0 Å². The molecule has 3 aromatic rings. The van der Waals surface area contributed by atoms with E-state index in [2.05, 4.69) is 41.6 Å². The topological polar surface area (TPSA) is 160 Å². The van der Waals surface area contributed by atoms with Gasteiger partial charge in [-0.1, -0.05) is 6.07 Å². The van der Waals surface area contributed by atoms with Crippen molar-refractivity contribution in [2.45, 2.75) is 0 Å². The maximum Gasteiger partial charge on any atom is 0.288 e. The summed E-state index contributed by atoms with van der Waals surface area (Å²) < 4.78 is 0. The third kappa shape index (κ3) is 4.42. The highest BCUT2D eigenvalue weighted by atomic mass is 16.2. The molecule has 0 aromatic carbocycles. The molecule has 0 aliphatic rings. The van der Waals surface area contributed by atoms with Crippen LogP contribution in [-0.4, -0.2) is 31.8 Å². The number of nitrogens with two attached hydrogens (primary N) is 1. The van der Waals surface area contributed by atoms with Crippen LogP contribution in [0.2, 0.25) is 0 Å². The fraction of sp³-hybridized carbons (Fsp3) is 0. The molecule has 0 bridgehead atoms. The van der Waals surface area contributed by atoms with Crippen molar-refractivity contribution in [1.29, 1.82) is 0 Å². The molecular weight excluding hydrogens is 350 g/mol. The van der Waals surface area contributed by atoms with Gasteiger partial charge in [0.2, 0.25) is 0 Å². The third-order valence-corrected chi connectivity index (χ3v) is 3.31. The van der Waals surface area contributed by atoms with Crippen LogP contribution in [0.4, 0.5) is 17.3 Å². The van der Waals surface area contributed by atoms with Crippen LogP contribution in [0.3, 0.4) is 0 Å². The molecule has 0 fully saturated rings. The van der Waals surface area contributed by atoms with E-state index in [1.54, 1.807) is 30.3 Å². The summed E-state index contributed by atoms with van der Waals surface area (Å²) in [5.74, 6) is -0.556. The summed E-state index contributed by atoms with van der Waals surface area (Å²) >= 11 is 0. The minimum Gasteiger partial charge on any atom is -0.393 e. The summed E-state index contributed by atoms with van der Waals surface area (Å²) in [6.07, 6.45) is 5.72. The molecule has 0 radical (unpaired) electrons. The Kier molecular flexibility index (Phi) is 5.33. The number of nitrogens with one attached hydrogen (secondary N) is 4. The van der Waals surface area contributed by atoms with Gasteiger partial charge >= 0.3 is 0 Å². The molecule has 3 aromatic heterocycles. The monoisotopic (exact) mass is 365 g/mol. The molecule has 0 saturated carbocycles.